The van der Waals surface area contributed by atoms with Crippen LogP contribution < -0.4 is 0 Å². The molecule has 0 aromatic rings. The van der Waals surface area contributed by atoms with E-state index in [4.69, 9.17) is 18.9 Å². The van der Waals surface area contributed by atoms with Crippen LogP contribution in [0.1, 0.15) is 33.1 Å². The molecule has 3 atom stereocenters. The summed E-state index contributed by atoms with van der Waals surface area (Å²) in [5, 5.41) is 0. The van der Waals surface area contributed by atoms with Crippen LogP contribution >= 0.6 is 0 Å². The first-order chi connectivity index (χ1) is 9.88. The standard InChI is InChI=1S/C16H22O5/c1-5-6-11-7-15-9-13(14(2,3)18-4)21-16(15,8-12(11)17)20-10-19-15/h5,7,13H,1,6,8-10H2,2-4H3. The van der Waals surface area contributed by atoms with Gasteiger partial charge in [-0.2, -0.15) is 0 Å². The number of carbonyl (C=O) groups excluding carboxylic acids is 1. The molecule has 2 aliphatic heterocycles. The molecule has 5 nitrogen and oxygen atoms in total. The van der Waals surface area contributed by atoms with Crippen LogP contribution in [0, 0.1) is 0 Å². The molecule has 0 saturated carbocycles. The lowest BCUT2D eigenvalue weighted by atomic mass is 9.77. The average Bonchev–Trinajstić information content (AvgIpc) is 2.91. The zero-order valence-electron chi connectivity index (χ0n) is 12.8. The predicted molar refractivity (Wildman–Crippen MR) is 75.6 cm³/mol. The Labute approximate surface area is 124 Å². The Kier molecular flexibility index (Phi) is 3.37. The monoisotopic (exact) mass is 294 g/mol. The summed E-state index contributed by atoms with van der Waals surface area (Å²) in [5.41, 5.74) is -0.443. The van der Waals surface area contributed by atoms with Crippen molar-refractivity contribution >= 4 is 5.78 Å². The van der Waals surface area contributed by atoms with Crippen LogP contribution in [-0.2, 0) is 23.7 Å². The normalized spacial score (nSPS) is 38.9. The molecule has 21 heavy (non-hydrogen) atoms. The molecule has 2 heterocycles. The highest BCUT2D eigenvalue weighted by Gasteiger charge is 2.69. The minimum Gasteiger partial charge on any atom is -0.376 e. The van der Waals surface area contributed by atoms with E-state index in [-0.39, 0.29) is 25.1 Å². The van der Waals surface area contributed by atoms with E-state index in [1.165, 1.54) is 0 Å². The minimum absolute atomic E-state index is 0.0342. The quantitative estimate of drug-likeness (QED) is 0.743. The van der Waals surface area contributed by atoms with Crippen molar-refractivity contribution in [2.75, 3.05) is 13.9 Å². The largest absolute Gasteiger partial charge is 0.376 e. The Morgan fingerprint density at radius 2 is 2.29 bits per heavy atom. The minimum atomic E-state index is -1.00. The lowest BCUT2D eigenvalue weighted by molar-refractivity contribution is -0.241. The molecule has 3 rings (SSSR count). The molecule has 116 valence electrons. The second kappa shape index (κ2) is 4.74. The van der Waals surface area contributed by atoms with Gasteiger partial charge < -0.3 is 18.9 Å². The van der Waals surface area contributed by atoms with Crippen molar-refractivity contribution in [2.45, 2.75) is 56.2 Å². The second-order valence-electron chi connectivity index (χ2n) is 6.43. The summed E-state index contributed by atoms with van der Waals surface area (Å²) in [5.74, 6) is -0.971. The van der Waals surface area contributed by atoms with Crippen molar-refractivity contribution in [3.05, 3.63) is 24.3 Å². The van der Waals surface area contributed by atoms with Crippen LogP contribution in [0.4, 0.5) is 0 Å². The molecule has 3 aliphatic rings. The van der Waals surface area contributed by atoms with Crippen molar-refractivity contribution in [2.24, 2.45) is 0 Å². The second-order valence-corrected chi connectivity index (χ2v) is 6.43. The number of hydrogen-bond acceptors (Lipinski definition) is 5. The van der Waals surface area contributed by atoms with Crippen LogP contribution in [0.25, 0.3) is 0 Å². The van der Waals surface area contributed by atoms with Gasteiger partial charge in [-0.1, -0.05) is 6.08 Å². The molecule has 2 fully saturated rings. The molecule has 0 aromatic heterocycles. The van der Waals surface area contributed by atoms with E-state index < -0.39 is 17.0 Å². The summed E-state index contributed by atoms with van der Waals surface area (Å²) >= 11 is 0. The zero-order chi connectivity index (χ0) is 15.3. The fourth-order valence-electron chi connectivity index (χ4n) is 3.34. The highest BCUT2D eigenvalue weighted by atomic mass is 16.8. The Balaban J connectivity index is 1.99. The highest BCUT2D eigenvalue weighted by molar-refractivity contribution is 5.97. The molecule has 0 bridgehead atoms. The number of ketones is 1. The van der Waals surface area contributed by atoms with Crippen LogP contribution in [-0.4, -0.2) is 42.8 Å². The number of rotatable bonds is 4. The van der Waals surface area contributed by atoms with Crippen LogP contribution in [0.2, 0.25) is 0 Å². The SMILES string of the molecule is C=CCC1=CC23CC(C(C)(C)OC)OC2(CC1=O)OCO3. The van der Waals surface area contributed by atoms with Gasteiger partial charge in [-0.25, -0.2) is 0 Å². The van der Waals surface area contributed by atoms with E-state index in [1.54, 1.807) is 13.2 Å². The summed E-state index contributed by atoms with van der Waals surface area (Å²) in [4.78, 5) is 12.3. The molecule has 0 N–H and O–H groups in total. The van der Waals surface area contributed by atoms with Gasteiger partial charge in [0.2, 0.25) is 5.79 Å². The number of hydrogen-bond donors (Lipinski definition) is 0. The van der Waals surface area contributed by atoms with Gasteiger partial charge in [0.25, 0.3) is 0 Å². The van der Waals surface area contributed by atoms with Gasteiger partial charge in [-0.05, 0) is 31.9 Å². The maximum absolute atomic E-state index is 12.3. The van der Waals surface area contributed by atoms with Crippen LogP contribution in [0.3, 0.4) is 0 Å². The van der Waals surface area contributed by atoms with E-state index in [9.17, 15) is 4.79 Å². The molecular formula is C16H22O5. The molecule has 3 unspecified atom stereocenters. The molecule has 2 saturated heterocycles. The Morgan fingerprint density at radius 3 is 2.95 bits per heavy atom. The van der Waals surface area contributed by atoms with E-state index >= 15 is 0 Å². The van der Waals surface area contributed by atoms with Gasteiger partial charge in [0.15, 0.2) is 12.6 Å². The third kappa shape index (κ3) is 2.03. The van der Waals surface area contributed by atoms with Crippen molar-refractivity contribution < 1.29 is 23.7 Å². The van der Waals surface area contributed by atoms with E-state index in [0.717, 1.165) is 5.57 Å². The van der Waals surface area contributed by atoms with Crippen molar-refractivity contribution in [1.82, 2.24) is 0 Å². The molecule has 0 spiro atoms. The smallest absolute Gasteiger partial charge is 0.211 e. The fraction of sp³-hybridized carbons (Fsp3) is 0.688. The van der Waals surface area contributed by atoms with Gasteiger partial charge in [0.05, 0.1) is 18.1 Å². The molecule has 5 heteroatoms. The van der Waals surface area contributed by atoms with Crippen LogP contribution in [0.15, 0.2) is 24.3 Å². The summed E-state index contributed by atoms with van der Waals surface area (Å²) in [7, 11) is 1.66. The number of carbonyl (C=O) groups is 1. The van der Waals surface area contributed by atoms with Gasteiger partial charge in [0.1, 0.15) is 5.60 Å². The summed E-state index contributed by atoms with van der Waals surface area (Å²) in [6.45, 7) is 7.78. The molecule has 0 aromatic carbocycles. The first-order valence-corrected chi connectivity index (χ1v) is 7.25. The number of methoxy groups -OCH3 is 1. The average molecular weight is 294 g/mol. The van der Waals surface area contributed by atoms with Gasteiger partial charge >= 0.3 is 0 Å². The Bertz CT molecular complexity index is 509. The number of ether oxygens (including phenoxy) is 4. The van der Waals surface area contributed by atoms with Crippen LogP contribution in [0.5, 0.6) is 0 Å². The van der Waals surface area contributed by atoms with Gasteiger partial charge in [-0.3, -0.25) is 4.79 Å². The zero-order valence-corrected chi connectivity index (χ0v) is 12.8. The fourth-order valence-corrected chi connectivity index (χ4v) is 3.34. The highest BCUT2D eigenvalue weighted by Crippen LogP contribution is 2.55. The van der Waals surface area contributed by atoms with E-state index in [1.807, 2.05) is 19.9 Å². The van der Waals surface area contributed by atoms with Gasteiger partial charge in [-0.15, -0.1) is 6.58 Å². The van der Waals surface area contributed by atoms with Crippen molar-refractivity contribution in [1.29, 1.82) is 0 Å². The lowest BCUT2D eigenvalue weighted by Gasteiger charge is -2.37. The summed E-state index contributed by atoms with van der Waals surface area (Å²) < 4.78 is 23.3. The summed E-state index contributed by atoms with van der Waals surface area (Å²) in [6.07, 6.45) is 4.76. The summed E-state index contributed by atoms with van der Waals surface area (Å²) in [6, 6.07) is 0. The predicted octanol–water partition coefficient (Wildman–Crippen LogP) is 2.11. The molecule has 0 amide bonds. The maximum Gasteiger partial charge on any atom is 0.211 e. The van der Waals surface area contributed by atoms with E-state index in [2.05, 4.69) is 6.58 Å². The Hall–Kier alpha value is -1.01. The van der Waals surface area contributed by atoms with Crippen molar-refractivity contribution in [3.63, 3.8) is 0 Å². The first kappa shape index (κ1) is 14.9. The Morgan fingerprint density at radius 1 is 1.52 bits per heavy atom. The van der Waals surface area contributed by atoms with Crippen molar-refractivity contribution in [3.8, 4) is 0 Å². The third-order valence-corrected chi connectivity index (χ3v) is 4.90. The van der Waals surface area contributed by atoms with E-state index in [0.29, 0.717) is 12.8 Å². The maximum atomic E-state index is 12.3. The molecule has 0 radical (unpaired) electrons. The third-order valence-electron chi connectivity index (χ3n) is 4.90. The van der Waals surface area contributed by atoms with Gasteiger partial charge in [0, 0.05) is 13.5 Å². The number of Topliss-reactive ketones (excluding diaryl/α,β-unsaturated/α-hetero) is 1. The molecule has 1 aliphatic carbocycles. The lowest BCUT2D eigenvalue weighted by Crippen LogP contribution is -2.51. The first-order valence-electron chi connectivity index (χ1n) is 7.25. The number of allylic oxidation sites excluding steroid dienone is 2. The molecular weight excluding hydrogens is 272 g/mol. The topological polar surface area (TPSA) is 54.0 Å².